The molecule has 71 heavy (non-hydrogen) atoms. The first-order chi connectivity index (χ1) is 35.2. The molecule has 3 heteroatoms. The van der Waals surface area contributed by atoms with Crippen LogP contribution >= 0.6 is 0 Å². The number of fused-ring (bicyclic) bond motifs is 8. The Morgan fingerprint density at radius 1 is 0.380 bits per heavy atom. The number of hydrogen-bond donors (Lipinski definition) is 0. The number of para-hydroxylation sites is 1. The van der Waals surface area contributed by atoms with Crippen molar-refractivity contribution < 1.29 is 0 Å². The van der Waals surface area contributed by atoms with Crippen LogP contribution in [0.15, 0.2) is 273 Å². The Balaban J connectivity index is 0.973. The normalized spacial score (nSPS) is 14.9. The summed E-state index contributed by atoms with van der Waals surface area (Å²) in [5.74, 6) is 0.231. The zero-order chi connectivity index (χ0) is 46.8. The molecule has 1 aliphatic carbocycles. The van der Waals surface area contributed by atoms with Crippen LogP contribution in [0.5, 0.6) is 0 Å². The lowest BCUT2D eigenvalue weighted by molar-refractivity contribution is 0.745. The third kappa shape index (κ3) is 6.73. The monoisotopic (exact) mass is 905 g/mol. The Morgan fingerprint density at radius 3 is 1.80 bits per heavy atom. The number of hydrogen-bond acceptors (Lipinski definition) is 2. The molecule has 14 rings (SSSR count). The summed E-state index contributed by atoms with van der Waals surface area (Å²) in [6.45, 7) is 0. The van der Waals surface area contributed by atoms with Crippen molar-refractivity contribution in [2.24, 2.45) is 0 Å². The summed E-state index contributed by atoms with van der Waals surface area (Å²) < 4.78 is 2.52. The van der Waals surface area contributed by atoms with E-state index in [-0.39, 0.29) is 12.0 Å². The van der Waals surface area contributed by atoms with Crippen molar-refractivity contribution in [2.75, 3.05) is 9.80 Å². The molecule has 0 N–H and O–H groups in total. The van der Waals surface area contributed by atoms with Crippen LogP contribution in [0.25, 0.3) is 82.4 Å². The van der Waals surface area contributed by atoms with Gasteiger partial charge in [0.05, 0.1) is 22.9 Å². The van der Waals surface area contributed by atoms with Crippen LogP contribution in [0.3, 0.4) is 0 Å². The van der Waals surface area contributed by atoms with Crippen LogP contribution in [0.4, 0.5) is 28.4 Å². The van der Waals surface area contributed by atoms with E-state index in [9.17, 15) is 0 Å². The van der Waals surface area contributed by atoms with Crippen molar-refractivity contribution in [2.45, 2.75) is 12.0 Å². The highest BCUT2D eigenvalue weighted by atomic mass is 15.2. The summed E-state index contributed by atoms with van der Waals surface area (Å²) in [6, 6.07) is 91.7. The molecule has 1 aromatic heterocycles. The Morgan fingerprint density at radius 2 is 1.01 bits per heavy atom. The smallest absolute Gasteiger partial charge is 0.0629 e. The van der Waals surface area contributed by atoms with Gasteiger partial charge in [-0.15, -0.1) is 0 Å². The molecule has 0 saturated carbocycles. The fourth-order valence-electron chi connectivity index (χ4n) is 11.7. The first-order valence-electron chi connectivity index (χ1n) is 24.7. The van der Waals surface area contributed by atoms with Gasteiger partial charge in [-0.1, -0.05) is 206 Å². The van der Waals surface area contributed by atoms with E-state index < -0.39 is 0 Å². The van der Waals surface area contributed by atoms with Crippen molar-refractivity contribution in [1.29, 1.82) is 0 Å². The molecule has 334 valence electrons. The van der Waals surface area contributed by atoms with E-state index in [4.69, 9.17) is 0 Å². The van der Waals surface area contributed by atoms with E-state index in [1.807, 2.05) is 0 Å². The molecule has 0 saturated heterocycles. The average Bonchev–Trinajstić information content (AvgIpc) is 3.97. The van der Waals surface area contributed by atoms with Crippen LogP contribution in [-0.2, 0) is 0 Å². The maximum atomic E-state index is 2.52. The van der Waals surface area contributed by atoms with Gasteiger partial charge in [0, 0.05) is 56.1 Å². The van der Waals surface area contributed by atoms with E-state index in [0.29, 0.717) is 0 Å². The molecule has 2 atom stereocenters. The average molecular weight is 906 g/mol. The van der Waals surface area contributed by atoms with Gasteiger partial charge in [-0.25, -0.2) is 0 Å². The van der Waals surface area contributed by atoms with Crippen molar-refractivity contribution in [1.82, 2.24) is 4.57 Å². The van der Waals surface area contributed by atoms with Crippen molar-refractivity contribution in [3.63, 3.8) is 0 Å². The van der Waals surface area contributed by atoms with Gasteiger partial charge in [-0.3, -0.25) is 0 Å². The number of anilines is 5. The molecular weight excluding hydrogens is 859 g/mol. The maximum Gasteiger partial charge on any atom is 0.0629 e. The topological polar surface area (TPSA) is 11.4 Å². The van der Waals surface area contributed by atoms with E-state index in [1.54, 1.807) is 0 Å². The summed E-state index contributed by atoms with van der Waals surface area (Å²) in [4.78, 5) is 4.96. The molecule has 0 bridgehead atoms. The lowest BCUT2D eigenvalue weighted by atomic mass is 9.91. The zero-order valence-corrected chi connectivity index (χ0v) is 39.0. The molecule has 0 spiro atoms. The highest BCUT2D eigenvalue weighted by molar-refractivity contribution is 6.20. The molecule has 2 unspecified atom stereocenters. The van der Waals surface area contributed by atoms with Crippen molar-refractivity contribution >= 4 is 71.7 Å². The summed E-state index contributed by atoms with van der Waals surface area (Å²) in [7, 11) is 0. The first kappa shape index (κ1) is 40.8. The van der Waals surface area contributed by atoms with Gasteiger partial charge < -0.3 is 14.4 Å². The molecule has 12 aromatic rings. The predicted octanol–water partition coefficient (Wildman–Crippen LogP) is 18.3. The standard InChI is InChI=1S/C68H47N3/c1-4-21-49(22-5-1)66-62-45-60(57-30-14-15-32-59(57)68(62)71(67(66)50-23-6-2-7-24-50)54-40-35-46-19-10-11-25-51(46)43-54)48-36-38-53(39-37-48)69(63-34-18-26-47-20-12-13-29-56(47)63)55-41-42-65-61(44-55)58-31-16-17-33-64(58)70(65)52-27-8-3-9-28-52/h1-45,58,64H. The summed E-state index contributed by atoms with van der Waals surface area (Å²) in [5, 5.41) is 8.50. The summed E-state index contributed by atoms with van der Waals surface area (Å²) in [6.07, 6.45) is 9.12. The molecule has 3 nitrogen and oxygen atoms in total. The lowest BCUT2D eigenvalue weighted by Gasteiger charge is -2.29. The Bertz CT molecular complexity index is 4050. The second-order valence-electron chi connectivity index (χ2n) is 18.8. The minimum absolute atomic E-state index is 0.209. The molecular formula is C68H47N3. The summed E-state index contributed by atoms with van der Waals surface area (Å²) in [5.41, 5.74) is 16.6. The van der Waals surface area contributed by atoms with Crippen molar-refractivity contribution in [3.8, 4) is 39.2 Å². The Hall–Kier alpha value is -9.18. The number of rotatable bonds is 8. The Labute approximate surface area is 413 Å². The van der Waals surface area contributed by atoms with E-state index in [1.165, 1.54) is 88.1 Å². The minimum atomic E-state index is 0.209. The van der Waals surface area contributed by atoms with Crippen LogP contribution in [-0.4, -0.2) is 10.6 Å². The quantitative estimate of drug-likeness (QED) is 0.151. The zero-order valence-electron chi connectivity index (χ0n) is 39.0. The fourth-order valence-corrected chi connectivity index (χ4v) is 11.7. The SMILES string of the molecule is C1=CC2c3cc(N(c4ccc(-c5cc6c(-c7ccccc7)c(-c7ccccc7)n(-c7ccc8ccccc8c7)c6c6ccccc56)cc4)c4cccc5ccccc45)ccc3N(c3ccccc3)C2C=C1. The van der Waals surface area contributed by atoms with Crippen LogP contribution in [0, 0.1) is 0 Å². The number of benzene rings is 11. The molecule has 2 aliphatic rings. The van der Waals surface area contributed by atoms with E-state index in [0.717, 1.165) is 28.3 Å². The van der Waals surface area contributed by atoms with E-state index in [2.05, 4.69) is 287 Å². The predicted molar refractivity (Wildman–Crippen MR) is 300 cm³/mol. The third-order valence-corrected chi connectivity index (χ3v) is 14.8. The maximum absolute atomic E-state index is 2.52. The number of nitrogens with zero attached hydrogens (tertiary/aromatic N) is 3. The highest BCUT2D eigenvalue weighted by Gasteiger charge is 2.38. The van der Waals surface area contributed by atoms with Gasteiger partial charge in [0.25, 0.3) is 0 Å². The third-order valence-electron chi connectivity index (χ3n) is 14.8. The molecule has 11 aromatic carbocycles. The molecule has 1 aliphatic heterocycles. The number of aromatic nitrogens is 1. The molecule has 0 amide bonds. The van der Waals surface area contributed by atoms with Gasteiger partial charge in [0.1, 0.15) is 0 Å². The van der Waals surface area contributed by atoms with Gasteiger partial charge >= 0.3 is 0 Å². The van der Waals surface area contributed by atoms with Crippen LogP contribution in [0.1, 0.15) is 11.5 Å². The summed E-state index contributed by atoms with van der Waals surface area (Å²) >= 11 is 0. The lowest BCUT2D eigenvalue weighted by Crippen LogP contribution is -2.28. The van der Waals surface area contributed by atoms with E-state index >= 15 is 0 Å². The van der Waals surface area contributed by atoms with Gasteiger partial charge in [-0.2, -0.15) is 0 Å². The van der Waals surface area contributed by atoms with Crippen LogP contribution < -0.4 is 9.80 Å². The molecule has 0 fully saturated rings. The van der Waals surface area contributed by atoms with Gasteiger partial charge in [0.2, 0.25) is 0 Å². The van der Waals surface area contributed by atoms with Crippen LogP contribution in [0.2, 0.25) is 0 Å². The van der Waals surface area contributed by atoms with Crippen molar-refractivity contribution in [3.05, 3.63) is 279 Å². The fraction of sp³-hybridized carbons (Fsp3) is 0.0294. The molecule has 0 radical (unpaired) electrons. The number of allylic oxidation sites excluding steroid dienone is 2. The highest BCUT2D eigenvalue weighted by Crippen LogP contribution is 2.52. The first-order valence-corrected chi connectivity index (χ1v) is 24.7. The van der Waals surface area contributed by atoms with Gasteiger partial charge in [-0.05, 0) is 116 Å². The second kappa shape index (κ2) is 16.8. The van der Waals surface area contributed by atoms with Gasteiger partial charge in [0.15, 0.2) is 0 Å². The Kier molecular flexibility index (Phi) is 9.67. The minimum Gasteiger partial charge on any atom is -0.333 e. The molecule has 2 heterocycles. The largest absolute Gasteiger partial charge is 0.333 e. The second-order valence-corrected chi connectivity index (χ2v) is 18.8.